The van der Waals surface area contributed by atoms with Crippen LogP contribution in [0, 0.1) is 0 Å². The first-order valence-corrected chi connectivity index (χ1v) is 10.6. The molecular weight excluding hydrogens is 362 g/mol. The van der Waals surface area contributed by atoms with Crippen molar-refractivity contribution < 1.29 is 14.7 Å². The summed E-state index contributed by atoms with van der Waals surface area (Å²) >= 11 is 1.81. The average Bonchev–Trinajstić information content (AvgIpc) is 2.87. The van der Waals surface area contributed by atoms with Crippen LogP contribution in [0.25, 0.3) is 0 Å². The van der Waals surface area contributed by atoms with Crippen molar-refractivity contribution in [3.05, 3.63) is 30.3 Å². The molecule has 2 N–H and O–H groups in total. The third kappa shape index (κ3) is 8.77. The summed E-state index contributed by atoms with van der Waals surface area (Å²) < 4.78 is 0. The Kier molecular flexibility index (Phi) is 9.66. The maximum Gasteiger partial charge on any atom is 0.317 e. The second-order valence-electron chi connectivity index (χ2n) is 7.03. The molecule has 150 valence electrons. The molecule has 2 rings (SSSR count). The summed E-state index contributed by atoms with van der Waals surface area (Å²) in [7, 11) is 1.87. The van der Waals surface area contributed by atoms with Gasteiger partial charge in [0, 0.05) is 24.0 Å². The molecule has 1 unspecified atom stereocenters. The fourth-order valence-electron chi connectivity index (χ4n) is 3.35. The summed E-state index contributed by atoms with van der Waals surface area (Å²) in [4.78, 5) is 28.4. The van der Waals surface area contributed by atoms with Gasteiger partial charge in [-0.15, -0.1) is 11.8 Å². The maximum absolute atomic E-state index is 12.2. The Morgan fingerprint density at radius 3 is 2.78 bits per heavy atom. The normalized spacial score (nSPS) is 18.2. The highest BCUT2D eigenvalue weighted by atomic mass is 32.2. The zero-order chi connectivity index (χ0) is 19.5. The zero-order valence-corrected chi connectivity index (χ0v) is 16.9. The minimum atomic E-state index is -0.789. The standard InChI is InChI=1S/C20H31N3O3S/c1-22(16-20(25)26)17-7-5-12-23(13-10-17)15-19(24)21-11-6-14-27-18-8-3-2-4-9-18/h2-4,8-9,17H,5-7,10-16H2,1H3,(H,21,24)(H,25,26). The third-order valence-electron chi connectivity index (χ3n) is 4.82. The summed E-state index contributed by atoms with van der Waals surface area (Å²) in [6.07, 6.45) is 3.84. The van der Waals surface area contributed by atoms with Gasteiger partial charge in [-0.25, -0.2) is 0 Å². The second kappa shape index (κ2) is 12.0. The quantitative estimate of drug-likeness (QED) is 0.469. The van der Waals surface area contributed by atoms with E-state index in [1.165, 1.54) is 4.90 Å². The van der Waals surface area contributed by atoms with Crippen molar-refractivity contribution in [3.8, 4) is 0 Å². The van der Waals surface area contributed by atoms with Crippen LogP contribution in [0.2, 0.25) is 0 Å². The number of amides is 1. The number of thioether (sulfide) groups is 1. The summed E-state index contributed by atoms with van der Waals surface area (Å²) in [5, 5.41) is 11.9. The molecular formula is C20H31N3O3S. The molecule has 1 aliphatic rings. The Bertz CT molecular complexity index is 585. The highest BCUT2D eigenvalue weighted by Gasteiger charge is 2.22. The van der Waals surface area contributed by atoms with Crippen molar-refractivity contribution in [1.82, 2.24) is 15.1 Å². The van der Waals surface area contributed by atoms with E-state index >= 15 is 0 Å². The Morgan fingerprint density at radius 2 is 2.04 bits per heavy atom. The number of rotatable bonds is 10. The lowest BCUT2D eigenvalue weighted by Crippen LogP contribution is -2.39. The monoisotopic (exact) mass is 393 g/mol. The van der Waals surface area contributed by atoms with Gasteiger partial charge in [-0.05, 0) is 57.2 Å². The highest BCUT2D eigenvalue weighted by Crippen LogP contribution is 2.17. The summed E-state index contributed by atoms with van der Waals surface area (Å²) in [5.74, 6) is 0.284. The topological polar surface area (TPSA) is 72.9 Å². The van der Waals surface area contributed by atoms with Crippen LogP contribution in [0.3, 0.4) is 0 Å². The summed E-state index contributed by atoms with van der Waals surface area (Å²) in [6, 6.07) is 10.6. The van der Waals surface area contributed by atoms with Crippen molar-refractivity contribution in [2.24, 2.45) is 0 Å². The number of hydrogen-bond acceptors (Lipinski definition) is 5. The lowest BCUT2D eigenvalue weighted by atomic mass is 10.1. The van der Waals surface area contributed by atoms with E-state index in [9.17, 15) is 9.59 Å². The molecule has 0 bridgehead atoms. The SMILES string of the molecule is CN(CC(=O)O)C1CCCN(CC(=O)NCCCSc2ccccc2)CC1. The summed E-state index contributed by atoms with van der Waals surface area (Å²) in [5.41, 5.74) is 0. The average molecular weight is 394 g/mol. The molecule has 1 fully saturated rings. The number of likely N-dealkylation sites (N-methyl/N-ethyl adjacent to an activating group) is 1. The molecule has 27 heavy (non-hydrogen) atoms. The number of nitrogens with zero attached hydrogens (tertiary/aromatic N) is 2. The first-order valence-electron chi connectivity index (χ1n) is 9.63. The largest absolute Gasteiger partial charge is 0.480 e. The number of likely N-dealkylation sites (tertiary alicyclic amines) is 1. The van der Waals surface area contributed by atoms with Gasteiger partial charge in [0.1, 0.15) is 0 Å². The molecule has 0 aromatic heterocycles. The molecule has 6 nitrogen and oxygen atoms in total. The van der Waals surface area contributed by atoms with Gasteiger partial charge in [0.05, 0.1) is 13.1 Å². The van der Waals surface area contributed by atoms with Crippen molar-refractivity contribution in [1.29, 1.82) is 0 Å². The highest BCUT2D eigenvalue weighted by molar-refractivity contribution is 7.99. The summed E-state index contributed by atoms with van der Waals surface area (Å²) in [6.45, 7) is 2.95. The third-order valence-corrected chi connectivity index (χ3v) is 5.92. The lowest BCUT2D eigenvalue weighted by molar-refractivity contribution is -0.138. The number of benzene rings is 1. The number of carbonyl (C=O) groups is 2. The van der Waals surface area contributed by atoms with Crippen LogP contribution < -0.4 is 5.32 Å². The van der Waals surface area contributed by atoms with Gasteiger partial charge in [-0.1, -0.05) is 18.2 Å². The Balaban J connectivity index is 1.59. The van der Waals surface area contributed by atoms with Gasteiger partial charge in [-0.2, -0.15) is 0 Å². The van der Waals surface area contributed by atoms with E-state index in [4.69, 9.17) is 5.11 Å². The Hall–Kier alpha value is -1.57. The molecule has 1 heterocycles. The number of nitrogens with one attached hydrogen (secondary N) is 1. The van der Waals surface area contributed by atoms with Crippen LogP contribution in [0.1, 0.15) is 25.7 Å². The number of carboxylic acids is 1. The maximum atomic E-state index is 12.2. The van der Waals surface area contributed by atoms with Crippen molar-refractivity contribution in [2.45, 2.75) is 36.6 Å². The van der Waals surface area contributed by atoms with Crippen LogP contribution in [0.4, 0.5) is 0 Å². The van der Waals surface area contributed by atoms with E-state index in [0.29, 0.717) is 13.1 Å². The van der Waals surface area contributed by atoms with E-state index in [-0.39, 0.29) is 18.5 Å². The molecule has 0 radical (unpaired) electrons. The zero-order valence-electron chi connectivity index (χ0n) is 16.1. The number of aliphatic carboxylic acids is 1. The molecule has 0 saturated carbocycles. The van der Waals surface area contributed by atoms with E-state index in [0.717, 1.165) is 44.5 Å². The lowest BCUT2D eigenvalue weighted by Gasteiger charge is -2.25. The smallest absolute Gasteiger partial charge is 0.317 e. The van der Waals surface area contributed by atoms with Crippen LogP contribution in [-0.4, -0.2) is 78.3 Å². The van der Waals surface area contributed by atoms with Gasteiger partial charge in [0.25, 0.3) is 0 Å². The van der Waals surface area contributed by atoms with Crippen molar-refractivity contribution >= 4 is 23.6 Å². The van der Waals surface area contributed by atoms with Crippen molar-refractivity contribution in [3.63, 3.8) is 0 Å². The van der Waals surface area contributed by atoms with E-state index in [1.807, 2.05) is 41.9 Å². The van der Waals surface area contributed by atoms with Gasteiger partial charge in [0.15, 0.2) is 0 Å². The molecule has 1 saturated heterocycles. The number of carbonyl (C=O) groups excluding carboxylic acids is 1. The molecule has 0 aliphatic carbocycles. The fraction of sp³-hybridized carbons (Fsp3) is 0.600. The van der Waals surface area contributed by atoms with Gasteiger partial charge >= 0.3 is 5.97 Å². The molecule has 1 aromatic rings. The predicted octanol–water partition coefficient (Wildman–Crippen LogP) is 2.16. The van der Waals surface area contributed by atoms with Crippen LogP contribution in [0.5, 0.6) is 0 Å². The van der Waals surface area contributed by atoms with E-state index in [1.54, 1.807) is 0 Å². The van der Waals surface area contributed by atoms with Gasteiger partial charge in [0.2, 0.25) is 5.91 Å². The number of hydrogen-bond donors (Lipinski definition) is 2. The van der Waals surface area contributed by atoms with Crippen LogP contribution in [0.15, 0.2) is 35.2 Å². The van der Waals surface area contributed by atoms with Crippen LogP contribution >= 0.6 is 11.8 Å². The first-order chi connectivity index (χ1) is 13.0. The molecule has 1 aliphatic heterocycles. The Morgan fingerprint density at radius 1 is 1.26 bits per heavy atom. The minimum Gasteiger partial charge on any atom is -0.480 e. The molecule has 1 amide bonds. The molecule has 0 spiro atoms. The number of carboxylic acid groups (broad SMARTS) is 1. The van der Waals surface area contributed by atoms with E-state index < -0.39 is 5.97 Å². The Labute approximate surface area is 166 Å². The molecule has 1 atom stereocenters. The van der Waals surface area contributed by atoms with Gasteiger partial charge in [-0.3, -0.25) is 19.4 Å². The molecule has 7 heteroatoms. The van der Waals surface area contributed by atoms with Crippen LogP contribution in [-0.2, 0) is 9.59 Å². The molecule has 1 aromatic carbocycles. The second-order valence-corrected chi connectivity index (χ2v) is 8.20. The van der Waals surface area contributed by atoms with E-state index in [2.05, 4.69) is 22.3 Å². The predicted molar refractivity (Wildman–Crippen MR) is 109 cm³/mol. The van der Waals surface area contributed by atoms with Crippen molar-refractivity contribution in [2.75, 3.05) is 45.5 Å². The van der Waals surface area contributed by atoms with Gasteiger partial charge < -0.3 is 10.4 Å². The fourth-order valence-corrected chi connectivity index (χ4v) is 4.22. The first kappa shape index (κ1) is 21.7. The minimum absolute atomic E-state index is 0.0755.